The van der Waals surface area contributed by atoms with Gasteiger partial charge >= 0.3 is 0 Å². The van der Waals surface area contributed by atoms with Gasteiger partial charge in [-0.15, -0.1) is 0 Å². The molecule has 0 amide bonds. The molecule has 0 aliphatic rings. The number of rotatable bonds is 0. The molecule has 0 unspecified atom stereocenters. The first-order valence-corrected chi connectivity index (χ1v) is 4.79. The van der Waals surface area contributed by atoms with Crippen LogP contribution in [0.5, 0.6) is 0 Å². The minimum atomic E-state index is -0.108. The third-order valence-corrected chi connectivity index (χ3v) is 2.48. The van der Waals surface area contributed by atoms with Crippen LogP contribution in [0.25, 0.3) is 11.0 Å². The summed E-state index contributed by atoms with van der Waals surface area (Å²) in [7, 11) is 0. The molecule has 0 atom stereocenters. The Morgan fingerprint density at radius 3 is 2.93 bits per heavy atom. The van der Waals surface area contributed by atoms with Crippen molar-refractivity contribution in [3.05, 3.63) is 28.0 Å². The van der Waals surface area contributed by atoms with Crippen LogP contribution in [0, 0.1) is 4.77 Å². The van der Waals surface area contributed by atoms with Crippen LogP contribution < -0.4 is 0 Å². The zero-order chi connectivity index (χ0) is 10.3. The van der Waals surface area contributed by atoms with Gasteiger partial charge < -0.3 is 4.98 Å². The van der Waals surface area contributed by atoms with Crippen molar-refractivity contribution in [3.8, 4) is 0 Å². The zero-order valence-corrected chi connectivity index (χ0v) is 8.95. The van der Waals surface area contributed by atoms with Crippen molar-refractivity contribution >= 4 is 40.8 Å². The molecule has 2 aromatic rings. The second-order valence-corrected chi connectivity index (χ2v) is 3.77. The van der Waals surface area contributed by atoms with E-state index in [-0.39, 0.29) is 5.91 Å². The molecule has 0 aliphatic heterocycles. The van der Waals surface area contributed by atoms with Crippen molar-refractivity contribution < 1.29 is 4.79 Å². The molecule has 0 bridgehead atoms. The monoisotopic (exact) mass is 226 g/mol. The second-order valence-electron chi connectivity index (χ2n) is 2.95. The largest absolute Gasteiger partial charge is 0.330 e. The van der Waals surface area contributed by atoms with E-state index < -0.39 is 0 Å². The highest BCUT2D eigenvalue weighted by Gasteiger charge is 2.07. The molecule has 1 aromatic carbocycles. The van der Waals surface area contributed by atoms with Gasteiger partial charge in [0.1, 0.15) is 0 Å². The Morgan fingerprint density at radius 1 is 1.57 bits per heavy atom. The number of imidazole rings is 1. The number of carbonyl (C=O) groups is 1. The van der Waals surface area contributed by atoms with Gasteiger partial charge in [0.15, 0.2) is 4.77 Å². The Bertz CT molecular complexity index is 570. The summed E-state index contributed by atoms with van der Waals surface area (Å²) in [6.07, 6.45) is 0. The molecule has 0 saturated carbocycles. The summed E-state index contributed by atoms with van der Waals surface area (Å²) in [4.78, 5) is 14.2. The molecule has 3 nitrogen and oxygen atoms in total. The van der Waals surface area contributed by atoms with E-state index >= 15 is 0 Å². The topological polar surface area (TPSA) is 37.8 Å². The Kier molecular flexibility index (Phi) is 2.17. The fraction of sp³-hybridized carbons (Fsp3) is 0.111. The van der Waals surface area contributed by atoms with E-state index in [0.29, 0.717) is 9.79 Å². The van der Waals surface area contributed by atoms with Gasteiger partial charge in [-0.2, -0.15) is 0 Å². The van der Waals surface area contributed by atoms with Crippen molar-refractivity contribution in [1.82, 2.24) is 9.55 Å². The molecule has 0 saturated heterocycles. The summed E-state index contributed by atoms with van der Waals surface area (Å²) in [6.45, 7) is 1.47. The molecule has 2 rings (SSSR count). The van der Waals surface area contributed by atoms with Crippen molar-refractivity contribution in [2.24, 2.45) is 0 Å². The molecule has 72 valence electrons. The smallest absolute Gasteiger partial charge is 0.230 e. The van der Waals surface area contributed by atoms with Crippen LogP contribution in [0.1, 0.15) is 11.7 Å². The minimum Gasteiger partial charge on any atom is -0.330 e. The Labute approximate surface area is 90.3 Å². The summed E-state index contributed by atoms with van der Waals surface area (Å²) < 4.78 is 1.84. The summed E-state index contributed by atoms with van der Waals surface area (Å²) in [5, 5.41) is 0.615. The maximum atomic E-state index is 11.3. The number of carbonyl (C=O) groups excluding carboxylic acids is 1. The lowest BCUT2D eigenvalue weighted by Crippen LogP contribution is -2.04. The van der Waals surface area contributed by atoms with Gasteiger partial charge in [-0.25, -0.2) is 0 Å². The standard InChI is InChI=1S/C9H7ClN2OS/c1-5(13)12-8-3-2-6(10)4-7(8)11-9(12)14/h2-4H,1H3,(H,11,14). The number of aromatic amines is 1. The van der Waals surface area contributed by atoms with E-state index in [1.807, 2.05) is 0 Å². The van der Waals surface area contributed by atoms with E-state index in [1.54, 1.807) is 18.2 Å². The van der Waals surface area contributed by atoms with Gasteiger partial charge in [-0.3, -0.25) is 9.36 Å². The zero-order valence-electron chi connectivity index (χ0n) is 7.37. The number of benzene rings is 1. The van der Waals surface area contributed by atoms with Crippen LogP contribution in [0.4, 0.5) is 0 Å². The lowest BCUT2D eigenvalue weighted by Gasteiger charge is -1.96. The van der Waals surface area contributed by atoms with Crippen molar-refractivity contribution in [1.29, 1.82) is 0 Å². The van der Waals surface area contributed by atoms with Crippen molar-refractivity contribution in [3.63, 3.8) is 0 Å². The van der Waals surface area contributed by atoms with Crippen molar-refractivity contribution in [2.45, 2.75) is 6.92 Å². The average Bonchev–Trinajstić information content (AvgIpc) is 2.39. The van der Waals surface area contributed by atoms with Crippen LogP contribution in [0.15, 0.2) is 18.2 Å². The van der Waals surface area contributed by atoms with Gasteiger partial charge in [0, 0.05) is 11.9 Å². The molecule has 0 spiro atoms. The predicted molar refractivity (Wildman–Crippen MR) is 58.4 cm³/mol. The Morgan fingerprint density at radius 2 is 2.29 bits per heavy atom. The molecule has 0 radical (unpaired) electrons. The lowest BCUT2D eigenvalue weighted by molar-refractivity contribution is 0.0939. The molecule has 5 heteroatoms. The number of hydrogen-bond acceptors (Lipinski definition) is 2. The fourth-order valence-corrected chi connectivity index (χ4v) is 1.91. The first-order chi connectivity index (χ1) is 6.59. The van der Waals surface area contributed by atoms with Crippen LogP contribution in [-0.4, -0.2) is 15.5 Å². The number of nitrogens with one attached hydrogen (secondary N) is 1. The van der Waals surface area contributed by atoms with E-state index in [2.05, 4.69) is 4.98 Å². The van der Waals surface area contributed by atoms with E-state index in [1.165, 1.54) is 11.5 Å². The highest BCUT2D eigenvalue weighted by molar-refractivity contribution is 7.71. The summed E-state index contributed by atoms with van der Waals surface area (Å²) in [6, 6.07) is 5.24. The quantitative estimate of drug-likeness (QED) is 0.702. The van der Waals surface area contributed by atoms with Crippen molar-refractivity contribution in [2.75, 3.05) is 0 Å². The van der Waals surface area contributed by atoms with Gasteiger partial charge in [0.25, 0.3) is 0 Å². The van der Waals surface area contributed by atoms with Crippen LogP contribution in [0.2, 0.25) is 5.02 Å². The highest BCUT2D eigenvalue weighted by Crippen LogP contribution is 2.18. The normalized spacial score (nSPS) is 10.7. The number of hydrogen-bond donors (Lipinski definition) is 1. The number of fused-ring (bicyclic) bond motifs is 1. The van der Waals surface area contributed by atoms with Gasteiger partial charge in [-0.05, 0) is 30.4 Å². The first kappa shape index (κ1) is 9.43. The van der Waals surface area contributed by atoms with Gasteiger partial charge in [0.2, 0.25) is 5.91 Å². The van der Waals surface area contributed by atoms with E-state index in [0.717, 1.165) is 11.0 Å². The first-order valence-electron chi connectivity index (χ1n) is 4.01. The van der Waals surface area contributed by atoms with Crippen LogP contribution >= 0.6 is 23.8 Å². The molecule has 0 fully saturated rings. The van der Waals surface area contributed by atoms with Crippen LogP contribution in [0.3, 0.4) is 0 Å². The molecule has 1 N–H and O–H groups in total. The van der Waals surface area contributed by atoms with E-state index in [4.69, 9.17) is 23.8 Å². The average molecular weight is 227 g/mol. The van der Waals surface area contributed by atoms with Crippen LogP contribution in [-0.2, 0) is 0 Å². The molecule has 1 heterocycles. The Balaban J connectivity index is 2.91. The maximum absolute atomic E-state index is 11.3. The number of nitrogens with zero attached hydrogens (tertiary/aromatic N) is 1. The second kappa shape index (κ2) is 3.22. The lowest BCUT2D eigenvalue weighted by atomic mass is 10.3. The van der Waals surface area contributed by atoms with Gasteiger partial charge in [-0.1, -0.05) is 11.6 Å². The minimum absolute atomic E-state index is 0.108. The van der Waals surface area contributed by atoms with Gasteiger partial charge in [0.05, 0.1) is 11.0 Å². The third-order valence-electron chi connectivity index (χ3n) is 1.96. The fourth-order valence-electron chi connectivity index (χ4n) is 1.40. The number of halogens is 1. The number of H-pyrrole nitrogens is 1. The summed E-state index contributed by atoms with van der Waals surface area (Å²) in [5.74, 6) is -0.108. The molecule has 0 aliphatic carbocycles. The number of aromatic nitrogens is 2. The molecular weight excluding hydrogens is 220 g/mol. The summed E-state index contributed by atoms with van der Waals surface area (Å²) >= 11 is 10.8. The maximum Gasteiger partial charge on any atom is 0.230 e. The summed E-state index contributed by atoms with van der Waals surface area (Å²) in [5.41, 5.74) is 1.53. The van der Waals surface area contributed by atoms with E-state index in [9.17, 15) is 4.79 Å². The predicted octanol–water partition coefficient (Wildman–Crippen LogP) is 3.01. The molecular formula is C9H7ClN2OS. The molecule has 14 heavy (non-hydrogen) atoms. The third kappa shape index (κ3) is 1.36. The SMILES string of the molecule is CC(=O)n1c(=S)[nH]c2cc(Cl)ccc21. The highest BCUT2D eigenvalue weighted by atomic mass is 35.5. The Hall–Kier alpha value is -1.13. The molecule has 1 aromatic heterocycles.